The summed E-state index contributed by atoms with van der Waals surface area (Å²) in [4.78, 5) is 28.9. The third kappa shape index (κ3) is 7.24. The normalized spacial score (nSPS) is 11.5. The molecule has 0 aliphatic carbocycles. The van der Waals surface area contributed by atoms with Crippen molar-refractivity contribution in [3.63, 3.8) is 0 Å². The van der Waals surface area contributed by atoms with Gasteiger partial charge in [0.05, 0.1) is 29.7 Å². The van der Waals surface area contributed by atoms with Crippen LogP contribution in [0, 0.1) is 6.92 Å². The van der Waals surface area contributed by atoms with Crippen LogP contribution in [-0.2, 0) is 33.5 Å². The van der Waals surface area contributed by atoms with Gasteiger partial charge in [0.2, 0.25) is 15.9 Å². The molecule has 11 heteroatoms. The van der Waals surface area contributed by atoms with Gasteiger partial charge in [-0.05, 0) is 38.0 Å². The van der Waals surface area contributed by atoms with Gasteiger partial charge in [-0.1, -0.05) is 24.3 Å². The van der Waals surface area contributed by atoms with Crippen molar-refractivity contribution in [2.75, 3.05) is 5.32 Å². The average Bonchev–Trinajstić information content (AvgIpc) is 3.34. The maximum absolute atomic E-state index is 12.4. The van der Waals surface area contributed by atoms with E-state index in [0.29, 0.717) is 27.7 Å². The molecule has 2 aromatic heterocycles. The zero-order chi connectivity index (χ0) is 24.0. The highest BCUT2D eigenvalue weighted by atomic mass is 32.2. The quantitative estimate of drug-likeness (QED) is 0.401. The molecule has 0 atom stereocenters. The number of amides is 2. The largest absolute Gasteiger partial charge is 0.469 e. The lowest BCUT2D eigenvalue weighted by Crippen LogP contribution is -2.32. The summed E-state index contributed by atoms with van der Waals surface area (Å²) in [6.07, 6.45) is 1.47. The number of benzene rings is 1. The molecule has 2 heterocycles. The van der Waals surface area contributed by atoms with Crippen LogP contribution < -0.4 is 15.4 Å². The Morgan fingerprint density at radius 1 is 1.15 bits per heavy atom. The third-order valence-corrected chi connectivity index (χ3v) is 6.90. The lowest BCUT2D eigenvalue weighted by molar-refractivity contribution is -0.120. The second kappa shape index (κ2) is 10.7. The number of aryl methyl sites for hydroxylation is 1. The van der Waals surface area contributed by atoms with Crippen LogP contribution in [0.3, 0.4) is 0 Å². The summed E-state index contributed by atoms with van der Waals surface area (Å²) in [5.41, 5.74) is 2.29. The number of aromatic nitrogens is 1. The number of nitrogens with zero attached hydrogens (tertiary/aromatic N) is 1. The van der Waals surface area contributed by atoms with Crippen LogP contribution in [0.4, 0.5) is 5.13 Å². The zero-order valence-corrected chi connectivity index (χ0v) is 20.2. The van der Waals surface area contributed by atoms with Gasteiger partial charge in [0, 0.05) is 18.0 Å². The standard InChI is InChI=1S/C22H26N4O5S2/c1-14(2)26-33(29,30)13-17-7-5-4-6-16(17)11-23-20(27)10-18-12-32-22(24-18)25-21(28)19-8-9-31-15(19)3/h4-9,12,14,26H,10-11,13H2,1-3H3,(H,23,27)(H,24,25,28). The molecule has 0 radical (unpaired) electrons. The van der Waals surface area contributed by atoms with Crippen molar-refractivity contribution in [1.29, 1.82) is 0 Å². The number of furan rings is 1. The fourth-order valence-electron chi connectivity index (χ4n) is 3.13. The number of rotatable bonds is 10. The van der Waals surface area contributed by atoms with Crippen molar-refractivity contribution >= 4 is 38.3 Å². The first-order valence-corrected chi connectivity index (χ1v) is 12.8. The number of anilines is 1. The number of hydrogen-bond acceptors (Lipinski definition) is 7. The van der Waals surface area contributed by atoms with Crippen molar-refractivity contribution in [3.8, 4) is 0 Å². The molecule has 176 valence electrons. The maximum atomic E-state index is 12.4. The Morgan fingerprint density at radius 2 is 1.88 bits per heavy atom. The van der Waals surface area contributed by atoms with Gasteiger partial charge in [-0.25, -0.2) is 18.1 Å². The van der Waals surface area contributed by atoms with Crippen molar-refractivity contribution in [2.24, 2.45) is 0 Å². The highest BCUT2D eigenvalue weighted by molar-refractivity contribution is 7.88. The van der Waals surface area contributed by atoms with Crippen LogP contribution in [0.1, 0.15) is 46.8 Å². The Bertz CT molecular complexity index is 1230. The highest BCUT2D eigenvalue weighted by Crippen LogP contribution is 2.18. The minimum absolute atomic E-state index is 0.0342. The third-order valence-electron chi connectivity index (χ3n) is 4.57. The van der Waals surface area contributed by atoms with Gasteiger partial charge in [-0.15, -0.1) is 11.3 Å². The van der Waals surface area contributed by atoms with E-state index in [1.807, 2.05) is 0 Å². The number of nitrogens with one attached hydrogen (secondary N) is 3. The summed E-state index contributed by atoms with van der Waals surface area (Å²) in [6, 6.07) is 8.46. The molecule has 2 amide bonds. The van der Waals surface area contributed by atoms with Gasteiger partial charge in [-0.2, -0.15) is 0 Å². The molecule has 1 aromatic carbocycles. The minimum Gasteiger partial charge on any atom is -0.469 e. The summed E-state index contributed by atoms with van der Waals surface area (Å²) in [6.45, 7) is 5.41. The summed E-state index contributed by atoms with van der Waals surface area (Å²) in [7, 11) is -3.48. The first kappa shape index (κ1) is 24.6. The molecule has 0 aliphatic rings. The molecule has 3 aromatic rings. The summed E-state index contributed by atoms with van der Waals surface area (Å²) in [5, 5.41) is 7.59. The second-order valence-corrected chi connectivity index (χ2v) is 10.4. The smallest absolute Gasteiger partial charge is 0.260 e. The Labute approximate surface area is 196 Å². The predicted octanol–water partition coefficient (Wildman–Crippen LogP) is 2.98. The summed E-state index contributed by atoms with van der Waals surface area (Å²) >= 11 is 1.22. The Balaban J connectivity index is 1.55. The fraction of sp³-hybridized carbons (Fsp3) is 0.318. The molecule has 0 spiro atoms. The van der Waals surface area contributed by atoms with E-state index in [1.54, 1.807) is 56.5 Å². The van der Waals surface area contributed by atoms with E-state index in [1.165, 1.54) is 17.6 Å². The van der Waals surface area contributed by atoms with Crippen LogP contribution in [0.2, 0.25) is 0 Å². The molecule has 33 heavy (non-hydrogen) atoms. The number of thiazole rings is 1. The number of sulfonamides is 1. The highest BCUT2D eigenvalue weighted by Gasteiger charge is 2.17. The van der Waals surface area contributed by atoms with Crippen LogP contribution in [0.25, 0.3) is 0 Å². The SMILES string of the molecule is Cc1occc1C(=O)Nc1nc(CC(=O)NCc2ccccc2CS(=O)(=O)NC(C)C)cs1. The van der Waals surface area contributed by atoms with Crippen molar-refractivity contribution in [1.82, 2.24) is 15.0 Å². The van der Waals surface area contributed by atoms with Gasteiger partial charge in [0.1, 0.15) is 5.76 Å². The van der Waals surface area contributed by atoms with Gasteiger partial charge in [0.15, 0.2) is 5.13 Å². The Kier molecular flexibility index (Phi) is 8.01. The molecule has 3 rings (SSSR count). The van der Waals surface area contributed by atoms with E-state index in [-0.39, 0.29) is 36.6 Å². The number of hydrogen-bond donors (Lipinski definition) is 3. The fourth-order valence-corrected chi connectivity index (χ4v) is 5.33. The van der Waals surface area contributed by atoms with E-state index < -0.39 is 10.0 Å². The van der Waals surface area contributed by atoms with E-state index in [4.69, 9.17) is 4.42 Å². The summed E-state index contributed by atoms with van der Waals surface area (Å²) in [5.74, 6) is -0.244. The van der Waals surface area contributed by atoms with E-state index >= 15 is 0 Å². The average molecular weight is 491 g/mol. The molecule has 0 bridgehead atoms. The van der Waals surface area contributed by atoms with E-state index in [2.05, 4.69) is 20.3 Å². The van der Waals surface area contributed by atoms with Gasteiger partial charge in [-0.3, -0.25) is 14.9 Å². The maximum Gasteiger partial charge on any atom is 0.260 e. The molecule has 0 saturated carbocycles. The second-order valence-electron chi connectivity index (χ2n) is 7.74. The molecule has 0 unspecified atom stereocenters. The van der Waals surface area contributed by atoms with E-state index in [0.717, 1.165) is 5.56 Å². The van der Waals surface area contributed by atoms with Crippen LogP contribution in [0.5, 0.6) is 0 Å². The van der Waals surface area contributed by atoms with Crippen molar-refractivity contribution in [3.05, 3.63) is 70.1 Å². The molecular weight excluding hydrogens is 464 g/mol. The van der Waals surface area contributed by atoms with Gasteiger partial charge in [0.25, 0.3) is 5.91 Å². The first-order valence-electron chi connectivity index (χ1n) is 10.3. The van der Waals surface area contributed by atoms with Crippen LogP contribution in [-0.4, -0.2) is 31.3 Å². The predicted molar refractivity (Wildman–Crippen MR) is 126 cm³/mol. The number of carbonyl (C=O) groups is 2. The van der Waals surface area contributed by atoms with E-state index in [9.17, 15) is 18.0 Å². The monoisotopic (exact) mass is 490 g/mol. The lowest BCUT2D eigenvalue weighted by atomic mass is 10.1. The van der Waals surface area contributed by atoms with Crippen LogP contribution in [0.15, 0.2) is 46.4 Å². The zero-order valence-electron chi connectivity index (χ0n) is 18.5. The Morgan fingerprint density at radius 3 is 2.55 bits per heavy atom. The molecule has 3 N–H and O–H groups in total. The van der Waals surface area contributed by atoms with Crippen molar-refractivity contribution < 1.29 is 22.4 Å². The number of carbonyl (C=O) groups excluding carboxylic acids is 2. The van der Waals surface area contributed by atoms with Crippen molar-refractivity contribution in [2.45, 2.75) is 45.5 Å². The molecule has 9 nitrogen and oxygen atoms in total. The molecule has 0 aliphatic heterocycles. The Hall–Kier alpha value is -3.02. The minimum atomic E-state index is -3.48. The first-order chi connectivity index (χ1) is 15.6. The molecule has 0 fully saturated rings. The topological polar surface area (TPSA) is 130 Å². The molecule has 0 saturated heterocycles. The summed E-state index contributed by atoms with van der Waals surface area (Å²) < 4.78 is 32.2. The lowest BCUT2D eigenvalue weighted by Gasteiger charge is -2.13. The van der Waals surface area contributed by atoms with Crippen LogP contribution >= 0.6 is 11.3 Å². The molecular formula is C22H26N4O5S2. The van der Waals surface area contributed by atoms with Gasteiger partial charge >= 0.3 is 0 Å². The van der Waals surface area contributed by atoms with Gasteiger partial charge < -0.3 is 9.73 Å².